The van der Waals surface area contributed by atoms with Gasteiger partial charge in [0.1, 0.15) is 12.4 Å². The summed E-state index contributed by atoms with van der Waals surface area (Å²) in [5, 5.41) is 0. The van der Waals surface area contributed by atoms with Gasteiger partial charge in [0.15, 0.2) is 5.78 Å². The minimum atomic E-state index is -4.55. The highest BCUT2D eigenvalue weighted by molar-refractivity contribution is 5.98. The van der Waals surface area contributed by atoms with Gasteiger partial charge in [-0.1, -0.05) is 0 Å². The van der Waals surface area contributed by atoms with Gasteiger partial charge in [0.25, 0.3) is 0 Å². The van der Waals surface area contributed by atoms with E-state index in [9.17, 15) is 22.8 Å². The number of ether oxygens (including phenoxy) is 1. The summed E-state index contributed by atoms with van der Waals surface area (Å²) in [4.78, 5) is 22.3. The lowest BCUT2D eigenvalue weighted by molar-refractivity contribution is -0.116. The minimum absolute atomic E-state index is 0.00782. The van der Waals surface area contributed by atoms with E-state index >= 15 is 0 Å². The Morgan fingerprint density at radius 2 is 2.19 bits per heavy atom. The van der Waals surface area contributed by atoms with Gasteiger partial charge in [0, 0.05) is 11.6 Å². The Labute approximate surface area is 117 Å². The highest BCUT2D eigenvalue weighted by Crippen LogP contribution is 2.39. The number of fused-ring (bicyclic) bond motifs is 1. The van der Waals surface area contributed by atoms with Crippen molar-refractivity contribution >= 4 is 11.7 Å². The van der Waals surface area contributed by atoms with Gasteiger partial charge in [0.05, 0.1) is 11.5 Å². The molecular weight excluding hydrogens is 287 g/mol. The summed E-state index contributed by atoms with van der Waals surface area (Å²) in [6, 6.07) is 0. The highest BCUT2D eigenvalue weighted by atomic mass is 19.4. The van der Waals surface area contributed by atoms with E-state index in [4.69, 9.17) is 10.5 Å². The lowest BCUT2D eigenvalue weighted by atomic mass is 9.89. The summed E-state index contributed by atoms with van der Waals surface area (Å²) < 4.78 is 43.7. The second-order valence-electron chi connectivity index (χ2n) is 4.32. The van der Waals surface area contributed by atoms with E-state index in [1.54, 1.807) is 0 Å². The SMILES string of the molecule is NC(=O)C=C=CC1C=C2OCC=C(C(F)(F)F)C2=CC1=O. The van der Waals surface area contributed by atoms with Crippen molar-refractivity contribution in [3.8, 4) is 0 Å². The molecule has 21 heavy (non-hydrogen) atoms. The fourth-order valence-corrected chi connectivity index (χ4v) is 1.94. The zero-order valence-corrected chi connectivity index (χ0v) is 10.6. The van der Waals surface area contributed by atoms with E-state index in [1.165, 1.54) is 12.2 Å². The number of alkyl halides is 3. The van der Waals surface area contributed by atoms with Crippen LogP contribution in [0.1, 0.15) is 0 Å². The molecule has 0 saturated heterocycles. The van der Waals surface area contributed by atoms with Gasteiger partial charge in [0.2, 0.25) is 5.91 Å². The number of hydrogen-bond acceptors (Lipinski definition) is 3. The number of halogens is 3. The summed E-state index contributed by atoms with van der Waals surface area (Å²) in [5.74, 6) is -2.15. The Hall–Kier alpha value is -2.53. The normalized spacial score (nSPS) is 21.0. The summed E-state index contributed by atoms with van der Waals surface area (Å²) in [6.07, 6.45) is 0.651. The summed E-state index contributed by atoms with van der Waals surface area (Å²) in [5.41, 5.74) is 6.12. The molecule has 0 aromatic rings. The van der Waals surface area contributed by atoms with Crippen LogP contribution in [0.2, 0.25) is 0 Å². The van der Waals surface area contributed by atoms with Crippen molar-refractivity contribution in [1.29, 1.82) is 0 Å². The topological polar surface area (TPSA) is 69.4 Å². The van der Waals surface area contributed by atoms with Crippen LogP contribution in [0.5, 0.6) is 0 Å². The molecule has 2 N–H and O–H groups in total. The molecule has 1 aliphatic carbocycles. The first-order valence-electron chi connectivity index (χ1n) is 5.89. The Balaban J connectivity index is 2.33. The predicted molar refractivity (Wildman–Crippen MR) is 66.6 cm³/mol. The average molecular weight is 297 g/mol. The molecule has 0 radical (unpaired) electrons. The zero-order chi connectivity index (χ0) is 15.6. The third-order valence-corrected chi connectivity index (χ3v) is 2.83. The van der Waals surface area contributed by atoms with E-state index in [2.05, 4.69) is 5.73 Å². The molecule has 0 aromatic heterocycles. The fraction of sp³-hybridized carbons (Fsp3) is 0.214. The number of carbonyl (C=O) groups excluding carboxylic acids is 2. The highest BCUT2D eigenvalue weighted by Gasteiger charge is 2.40. The Kier molecular flexibility index (Phi) is 3.86. The fourth-order valence-electron chi connectivity index (χ4n) is 1.94. The number of amides is 1. The second kappa shape index (κ2) is 5.46. The molecule has 7 heteroatoms. The molecule has 2 aliphatic rings. The maximum Gasteiger partial charge on any atom is 0.416 e. The number of rotatable bonds is 2. The smallest absolute Gasteiger partial charge is 0.416 e. The van der Waals surface area contributed by atoms with Crippen LogP contribution in [0.25, 0.3) is 0 Å². The number of primary amides is 1. The van der Waals surface area contributed by atoms with Crippen molar-refractivity contribution in [3.05, 3.63) is 53.0 Å². The van der Waals surface area contributed by atoms with Crippen molar-refractivity contribution < 1.29 is 27.5 Å². The predicted octanol–water partition coefficient (Wildman–Crippen LogP) is 1.71. The lowest BCUT2D eigenvalue weighted by Gasteiger charge is -2.26. The number of ketones is 1. The molecule has 4 nitrogen and oxygen atoms in total. The van der Waals surface area contributed by atoms with Crippen molar-refractivity contribution in [1.82, 2.24) is 0 Å². The van der Waals surface area contributed by atoms with Gasteiger partial charge in [-0.3, -0.25) is 9.59 Å². The van der Waals surface area contributed by atoms with Crippen LogP contribution >= 0.6 is 0 Å². The Morgan fingerprint density at radius 1 is 1.48 bits per heavy atom. The molecule has 0 saturated carbocycles. The van der Waals surface area contributed by atoms with Crippen LogP contribution in [0.4, 0.5) is 13.2 Å². The standard InChI is InChI=1S/C14H10F3NO3/c15-14(16,17)10-4-5-21-12-6-8(2-1-3-13(18)20)11(19)7-9(10)12/h2-4,6-8H,5H2,(H2,18,20). The molecule has 1 atom stereocenters. The number of nitrogens with two attached hydrogens (primary N) is 1. The van der Waals surface area contributed by atoms with E-state index in [1.807, 2.05) is 0 Å². The van der Waals surface area contributed by atoms with Crippen molar-refractivity contribution in [3.63, 3.8) is 0 Å². The molecule has 1 aliphatic heterocycles. The summed E-state index contributed by atoms with van der Waals surface area (Å²) in [6.45, 7) is -0.222. The molecule has 110 valence electrons. The van der Waals surface area contributed by atoms with E-state index in [0.29, 0.717) is 0 Å². The van der Waals surface area contributed by atoms with Crippen molar-refractivity contribution in [2.24, 2.45) is 11.7 Å². The quantitative estimate of drug-likeness (QED) is 0.623. The number of carbonyl (C=O) groups is 2. The maximum atomic E-state index is 12.8. The number of allylic oxidation sites excluding steroid dienone is 3. The number of hydrogen-bond donors (Lipinski definition) is 1. The van der Waals surface area contributed by atoms with Crippen LogP contribution < -0.4 is 5.73 Å². The first-order chi connectivity index (χ1) is 9.79. The van der Waals surface area contributed by atoms with Gasteiger partial charge in [-0.2, -0.15) is 13.2 Å². The zero-order valence-electron chi connectivity index (χ0n) is 10.6. The molecule has 1 heterocycles. The van der Waals surface area contributed by atoms with Crippen molar-refractivity contribution in [2.45, 2.75) is 6.18 Å². The largest absolute Gasteiger partial charge is 0.489 e. The van der Waals surface area contributed by atoms with Gasteiger partial charge in [-0.15, -0.1) is 5.73 Å². The second-order valence-corrected chi connectivity index (χ2v) is 4.32. The molecule has 0 bridgehead atoms. The van der Waals surface area contributed by atoms with Crippen LogP contribution in [0, 0.1) is 5.92 Å². The summed E-state index contributed by atoms with van der Waals surface area (Å²) >= 11 is 0. The average Bonchev–Trinajstić information content (AvgIpc) is 2.37. The first-order valence-corrected chi connectivity index (χ1v) is 5.89. The monoisotopic (exact) mass is 297 g/mol. The molecule has 0 spiro atoms. The molecule has 1 amide bonds. The van der Waals surface area contributed by atoms with Crippen LogP contribution in [0.3, 0.4) is 0 Å². The minimum Gasteiger partial charge on any atom is -0.489 e. The van der Waals surface area contributed by atoms with E-state index in [-0.39, 0.29) is 17.9 Å². The lowest BCUT2D eigenvalue weighted by Crippen LogP contribution is -2.24. The maximum absolute atomic E-state index is 12.8. The van der Waals surface area contributed by atoms with E-state index in [0.717, 1.165) is 18.2 Å². The first kappa shape index (κ1) is 14.9. The molecule has 0 aromatic carbocycles. The van der Waals surface area contributed by atoms with Gasteiger partial charge < -0.3 is 10.5 Å². The van der Waals surface area contributed by atoms with E-state index < -0.39 is 29.4 Å². The van der Waals surface area contributed by atoms with Crippen molar-refractivity contribution in [2.75, 3.05) is 6.61 Å². The molecular formula is C14H10F3NO3. The molecule has 0 fully saturated rings. The van der Waals surface area contributed by atoms with Gasteiger partial charge >= 0.3 is 6.18 Å². The molecule has 2 rings (SSSR count). The van der Waals surface area contributed by atoms with Gasteiger partial charge in [-0.05, 0) is 24.3 Å². The Morgan fingerprint density at radius 3 is 2.81 bits per heavy atom. The third kappa shape index (κ3) is 3.32. The summed E-state index contributed by atoms with van der Waals surface area (Å²) in [7, 11) is 0. The molecule has 1 unspecified atom stereocenters. The van der Waals surface area contributed by atoms with Gasteiger partial charge in [-0.25, -0.2) is 0 Å². The van der Waals surface area contributed by atoms with Crippen LogP contribution in [-0.4, -0.2) is 24.5 Å². The van der Waals surface area contributed by atoms with Crippen LogP contribution in [-0.2, 0) is 14.3 Å². The Bertz CT molecular complexity index is 647. The van der Waals surface area contributed by atoms with Crippen LogP contribution in [0.15, 0.2) is 53.0 Å². The third-order valence-electron chi connectivity index (χ3n) is 2.83.